The van der Waals surface area contributed by atoms with E-state index in [9.17, 15) is 13.2 Å². The summed E-state index contributed by atoms with van der Waals surface area (Å²) in [5.74, 6) is -4.05. The van der Waals surface area contributed by atoms with E-state index in [2.05, 4.69) is 9.97 Å². The Bertz CT molecular complexity index is 532. The van der Waals surface area contributed by atoms with E-state index in [1.165, 1.54) is 0 Å². The molecule has 0 saturated carbocycles. The Kier molecular flexibility index (Phi) is 3.76. The van der Waals surface area contributed by atoms with Crippen molar-refractivity contribution in [1.82, 2.24) is 9.97 Å². The number of aromatic nitrogens is 2. The Morgan fingerprint density at radius 3 is 2.17 bits per heavy atom. The van der Waals surface area contributed by atoms with Crippen molar-refractivity contribution in [1.29, 1.82) is 0 Å². The molecule has 1 aromatic heterocycles. The molecule has 0 fully saturated rings. The summed E-state index contributed by atoms with van der Waals surface area (Å²) >= 11 is 7.82. The summed E-state index contributed by atoms with van der Waals surface area (Å²) in [5.41, 5.74) is 0.614. The molecule has 1 aromatic carbocycles. The average Bonchev–Trinajstić information content (AvgIpc) is 2.31. The molecule has 0 aliphatic rings. The Labute approximate surface area is 119 Å². The quantitative estimate of drug-likeness (QED) is 0.420. The van der Waals surface area contributed by atoms with Crippen LogP contribution in [0.4, 0.5) is 13.2 Å². The first kappa shape index (κ1) is 13.5. The van der Waals surface area contributed by atoms with Crippen LogP contribution in [0.2, 0.25) is 5.15 Å². The molecule has 0 aliphatic carbocycles. The van der Waals surface area contributed by atoms with Gasteiger partial charge < -0.3 is 0 Å². The molecule has 18 heavy (non-hydrogen) atoms. The van der Waals surface area contributed by atoms with Crippen molar-refractivity contribution >= 4 is 34.2 Å². The summed E-state index contributed by atoms with van der Waals surface area (Å²) in [6.07, 6.45) is 0. The maximum Gasteiger partial charge on any atom is 0.194 e. The summed E-state index contributed by atoms with van der Waals surface area (Å²) in [6, 6.07) is 1.66. The van der Waals surface area contributed by atoms with Gasteiger partial charge in [0.15, 0.2) is 23.3 Å². The zero-order valence-corrected chi connectivity index (χ0v) is 11.9. The Balaban J connectivity index is 2.63. The minimum atomic E-state index is -1.52. The standard InChI is InChI=1S/C11H5ClF3IN2/c1-4-9(16)10(12)18-11(17-4)5-2-6(13)8(15)7(14)3-5/h2-3H,1H3. The van der Waals surface area contributed by atoms with E-state index in [1.54, 1.807) is 6.92 Å². The van der Waals surface area contributed by atoms with Crippen LogP contribution in [0.5, 0.6) is 0 Å². The lowest BCUT2D eigenvalue weighted by molar-refractivity contribution is 0.447. The molecule has 94 valence electrons. The number of rotatable bonds is 1. The van der Waals surface area contributed by atoms with Crippen molar-refractivity contribution in [2.45, 2.75) is 6.92 Å². The van der Waals surface area contributed by atoms with Gasteiger partial charge in [0.2, 0.25) is 0 Å². The van der Waals surface area contributed by atoms with Gasteiger partial charge in [0.1, 0.15) is 5.15 Å². The zero-order valence-electron chi connectivity index (χ0n) is 8.94. The molecule has 0 atom stereocenters. The molecule has 0 amide bonds. The molecule has 0 N–H and O–H groups in total. The van der Waals surface area contributed by atoms with E-state index in [1.807, 2.05) is 22.6 Å². The van der Waals surface area contributed by atoms with Gasteiger partial charge in [-0.1, -0.05) is 11.6 Å². The van der Waals surface area contributed by atoms with E-state index in [0.29, 0.717) is 9.26 Å². The topological polar surface area (TPSA) is 25.8 Å². The molecule has 2 aromatic rings. The van der Waals surface area contributed by atoms with Crippen LogP contribution in [0, 0.1) is 27.9 Å². The molecule has 2 nitrogen and oxygen atoms in total. The fourth-order valence-electron chi connectivity index (χ4n) is 1.34. The van der Waals surface area contributed by atoms with Crippen LogP contribution in [0.1, 0.15) is 5.69 Å². The van der Waals surface area contributed by atoms with Gasteiger partial charge in [-0.3, -0.25) is 0 Å². The van der Waals surface area contributed by atoms with E-state index in [-0.39, 0.29) is 16.5 Å². The molecule has 0 radical (unpaired) electrons. The third-order valence-corrected chi connectivity index (χ3v) is 4.10. The summed E-state index contributed by atoms with van der Waals surface area (Å²) in [6.45, 7) is 1.69. The number of halogens is 5. The van der Waals surface area contributed by atoms with E-state index in [0.717, 1.165) is 12.1 Å². The fraction of sp³-hybridized carbons (Fsp3) is 0.0909. The highest BCUT2D eigenvalue weighted by atomic mass is 127. The monoisotopic (exact) mass is 384 g/mol. The lowest BCUT2D eigenvalue weighted by atomic mass is 10.2. The average molecular weight is 385 g/mol. The van der Waals surface area contributed by atoms with Crippen molar-refractivity contribution in [3.05, 3.63) is 44.0 Å². The van der Waals surface area contributed by atoms with Crippen LogP contribution in [-0.2, 0) is 0 Å². The van der Waals surface area contributed by atoms with Crippen LogP contribution in [-0.4, -0.2) is 9.97 Å². The van der Waals surface area contributed by atoms with Gasteiger partial charge in [-0.25, -0.2) is 23.1 Å². The van der Waals surface area contributed by atoms with Gasteiger partial charge in [-0.05, 0) is 41.6 Å². The van der Waals surface area contributed by atoms with Crippen LogP contribution < -0.4 is 0 Å². The maximum atomic E-state index is 13.1. The van der Waals surface area contributed by atoms with E-state index < -0.39 is 17.5 Å². The largest absolute Gasteiger partial charge is 0.232 e. The molecule has 2 rings (SSSR count). The highest BCUT2D eigenvalue weighted by Crippen LogP contribution is 2.25. The van der Waals surface area contributed by atoms with Crippen LogP contribution >= 0.6 is 34.2 Å². The van der Waals surface area contributed by atoms with Crippen molar-refractivity contribution in [2.24, 2.45) is 0 Å². The Morgan fingerprint density at radius 2 is 1.67 bits per heavy atom. The summed E-state index contributed by atoms with van der Waals surface area (Å²) < 4.78 is 39.7. The normalized spacial score (nSPS) is 10.8. The minimum Gasteiger partial charge on any atom is -0.232 e. The van der Waals surface area contributed by atoms with E-state index >= 15 is 0 Å². The SMILES string of the molecule is Cc1nc(-c2cc(F)c(F)c(F)c2)nc(Cl)c1I. The third-order valence-electron chi connectivity index (χ3n) is 2.22. The second-order valence-corrected chi connectivity index (χ2v) is 4.93. The van der Waals surface area contributed by atoms with Gasteiger partial charge in [-0.2, -0.15) is 0 Å². The second kappa shape index (κ2) is 5.00. The predicted octanol–water partition coefficient (Wildman–Crippen LogP) is 4.13. The van der Waals surface area contributed by atoms with Crippen molar-refractivity contribution in [3.63, 3.8) is 0 Å². The smallest absolute Gasteiger partial charge is 0.194 e. The minimum absolute atomic E-state index is 0.0350. The predicted molar refractivity (Wildman–Crippen MR) is 69.8 cm³/mol. The molecule has 0 saturated heterocycles. The molecule has 0 unspecified atom stereocenters. The molecular weight excluding hydrogens is 379 g/mol. The number of aryl methyl sites for hydroxylation is 1. The highest BCUT2D eigenvalue weighted by molar-refractivity contribution is 14.1. The first-order valence-electron chi connectivity index (χ1n) is 4.74. The van der Waals surface area contributed by atoms with Crippen molar-refractivity contribution in [2.75, 3.05) is 0 Å². The number of nitrogens with zero attached hydrogens (tertiary/aromatic N) is 2. The number of hydrogen-bond donors (Lipinski definition) is 0. The first-order chi connectivity index (χ1) is 8.40. The highest BCUT2D eigenvalue weighted by Gasteiger charge is 2.15. The van der Waals surface area contributed by atoms with Gasteiger partial charge in [0.05, 0.1) is 9.26 Å². The summed E-state index contributed by atoms with van der Waals surface area (Å²) in [5, 5.41) is 0.184. The lowest BCUT2D eigenvalue weighted by Crippen LogP contribution is -1.99. The van der Waals surface area contributed by atoms with Crippen LogP contribution in [0.25, 0.3) is 11.4 Å². The number of benzene rings is 1. The maximum absolute atomic E-state index is 13.1. The molecular formula is C11H5ClF3IN2. The molecule has 0 spiro atoms. The van der Waals surface area contributed by atoms with Crippen LogP contribution in [0.3, 0.4) is 0 Å². The Hall–Kier alpha value is -0.890. The van der Waals surface area contributed by atoms with E-state index in [4.69, 9.17) is 11.6 Å². The first-order valence-corrected chi connectivity index (χ1v) is 6.20. The third kappa shape index (κ3) is 2.44. The molecule has 1 heterocycles. The van der Waals surface area contributed by atoms with Crippen molar-refractivity contribution in [3.8, 4) is 11.4 Å². The Morgan fingerprint density at radius 1 is 1.11 bits per heavy atom. The fourth-order valence-corrected chi connectivity index (χ4v) is 1.80. The van der Waals surface area contributed by atoms with Crippen LogP contribution in [0.15, 0.2) is 12.1 Å². The molecule has 7 heteroatoms. The lowest BCUT2D eigenvalue weighted by Gasteiger charge is -2.06. The summed E-state index contributed by atoms with van der Waals surface area (Å²) in [4.78, 5) is 7.96. The van der Waals surface area contributed by atoms with Gasteiger partial charge in [0.25, 0.3) is 0 Å². The molecule has 0 bridgehead atoms. The van der Waals surface area contributed by atoms with Gasteiger partial charge in [-0.15, -0.1) is 0 Å². The van der Waals surface area contributed by atoms with Crippen molar-refractivity contribution < 1.29 is 13.2 Å². The second-order valence-electron chi connectivity index (χ2n) is 3.49. The summed E-state index contributed by atoms with van der Waals surface area (Å²) in [7, 11) is 0. The number of hydrogen-bond acceptors (Lipinski definition) is 2. The van der Waals surface area contributed by atoms with Gasteiger partial charge >= 0.3 is 0 Å². The zero-order chi connectivity index (χ0) is 13.4. The molecule has 0 aliphatic heterocycles. The van der Waals surface area contributed by atoms with Gasteiger partial charge in [0, 0.05) is 5.56 Å².